The van der Waals surface area contributed by atoms with Crippen LogP contribution in [0.15, 0.2) is 12.7 Å². The summed E-state index contributed by atoms with van der Waals surface area (Å²) >= 11 is 0. The van der Waals surface area contributed by atoms with E-state index in [2.05, 4.69) is 35.7 Å². The van der Waals surface area contributed by atoms with Crippen LogP contribution in [0.25, 0.3) is 0 Å². The van der Waals surface area contributed by atoms with Crippen LogP contribution >= 0.6 is 0 Å². The lowest BCUT2D eigenvalue weighted by atomic mass is 10.5. The summed E-state index contributed by atoms with van der Waals surface area (Å²) in [7, 11) is 0. The minimum absolute atomic E-state index is 0.160. The lowest BCUT2D eigenvalue weighted by Gasteiger charge is -1.90. The number of rotatable bonds is 2. The summed E-state index contributed by atoms with van der Waals surface area (Å²) in [5.41, 5.74) is 0. The van der Waals surface area contributed by atoms with Crippen LogP contribution in [0.3, 0.4) is 0 Å². The lowest BCUT2D eigenvalue weighted by Crippen LogP contribution is -2.06. The van der Waals surface area contributed by atoms with Crippen LogP contribution < -0.4 is 5.32 Å². The Morgan fingerprint density at radius 2 is 1.65 bits per heavy atom. The van der Waals surface area contributed by atoms with Gasteiger partial charge in [-0.1, -0.05) is 34.6 Å². The fourth-order valence-corrected chi connectivity index (χ4v) is 0.834. The zero-order valence-electron chi connectivity index (χ0n) is 13.1. The van der Waals surface area contributed by atoms with Crippen molar-refractivity contribution in [1.82, 2.24) is 30.4 Å². The van der Waals surface area contributed by atoms with E-state index in [0.29, 0.717) is 5.95 Å². The van der Waals surface area contributed by atoms with Crippen LogP contribution in [0, 0.1) is 0 Å². The third kappa shape index (κ3) is 10.9. The summed E-state index contributed by atoms with van der Waals surface area (Å²) in [6, 6.07) is 0. The summed E-state index contributed by atoms with van der Waals surface area (Å²) in [6.07, 6.45) is 3.77. The average molecular weight is 283 g/mol. The van der Waals surface area contributed by atoms with Crippen molar-refractivity contribution in [3.63, 3.8) is 0 Å². The largest absolute Gasteiger partial charge is 0.295 e. The number of hydrogen-bond acceptors (Lipinski definition) is 5. The maximum atomic E-state index is 10.3. The molecule has 0 aliphatic heterocycles. The van der Waals surface area contributed by atoms with Crippen LogP contribution in [0.4, 0.5) is 5.95 Å². The number of carbonyl (C=O) groups is 1. The van der Waals surface area contributed by atoms with E-state index in [9.17, 15) is 4.79 Å². The Morgan fingerprint density at radius 1 is 1.10 bits per heavy atom. The van der Waals surface area contributed by atoms with Gasteiger partial charge in [-0.05, 0) is 0 Å². The molecule has 2 aromatic heterocycles. The average Bonchev–Trinajstić information content (AvgIpc) is 3.16. The molecular formula is C12H25N7O. The first kappa shape index (κ1) is 20.1. The molecule has 0 aliphatic rings. The molecule has 1 amide bonds. The van der Waals surface area contributed by atoms with Crippen LogP contribution in [0.1, 0.15) is 47.4 Å². The van der Waals surface area contributed by atoms with Crippen LogP contribution in [0.5, 0.6) is 0 Å². The van der Waals surface area contributed by atoms with Gasteiger partial charge in [-0.25, -0.2) is 10.1 Å². The number of nitrogens with one attached hydrogen (secondary N) is 3. The number of aromatic nitrogens is 6. The van der Waals surface area contributed by atoms with E-state index in [4.69, 9.17) is 0 Å². The molecule has 2 aromatic rings. The Labute approximate surface area is 119 Å². The number of aryl methyl sites for hydroxylation is 1. The summed E-state index contributed by atoms with van der Waals surface area (Å²) in [5, 5.41) is 14.8. The van der Waals surface area contributed by atoms with Gasteiger partial charge in [0.1, 0.15) is 18.5 Å². The number of aromatic amines is 2. The molecule has 0 aliphatic carbocycles. The van der Waals surface area contributed by atoms with Crippen molar-refractivity contribution in [2.45, 2.75) is 48.0 Å². The van der Waals surface area contributed by atoms with Crippen molar-refractivity contribution in [2.24, 2.45) is 0 Å². The molecule has 8 heteroatoms. The van der Waals surface area contributed by atoms with Crippen LogP contribution in [0.2, 0.25) is 0 Å². The topological polar surface area (TPSA) is 112 Å². The maximum absolute atomic E-state index is 10.3. The van der Waals surface area contributed by atoms with Crippen molar-refractivity contribution in [2.75, 3.05) is 5.32 Å². The normalized spacial score (nSPS) is 7.90. The second kappa shape index (κ2) is 14.8. The Morgan fingerprint density at radius 3 is 1.95 bits per heavy atom. The third-order valence-corrected chi connectivity index (χ3v) is 1.51. The second-order valence-electron chi connectivity index (χ2n) is 2.80. The Hall–Kier alpha value is -2.25. The molecule has 0 fully saturated rings. The Bertz CT molecular complexity index is 397. The van der Waals surface area contributed by atoms with Gasteiger partial charge in [0.2, 0.25) is 11.9 Å². The molecule has 0 bridgehead atoms. The van der Waals surface area contributed by atoms with Gasteiger partial charge in [-0.15, -0.1) is 0 Å². The van der Waals surface area contributed by atoms with Crippen molar-refractivity contribution in [3.05, 3.63) is 18.5 Å². The number of carbonyl (C=O) groups excluding carboxylic acids is 1. The predicted molar refractivity (Wildman–Crippen MR) is 79.1 cm³/mol. The molecule has 0 saturated carbocycles. The fraction of sp³-hybridized carbons (Fsp3) is 0.583. The van der Waals surface area contributed by atoms with E-state index in [1.54, 1.807) is 0 Å². The lowest BCUT2D eigenvalue weighted by molar-refractivity contribution is -0.114. The zero-order chi connectivity index (χ0) is 15.8. The number of anilines is 1. The first-order valence-electron chi connectivity index (χ1n) is 6.69. The zero-order valence-corrected chi connectivity index (χ0v) is 13.1. The first-order valence-corrected chi connectivity index (χ1v) is 6.69. The molecule has 8 nitrogen and oxygen atoms in total. The standard InChI is InChI=1S/C4H6N4O.C4H7N3.2C2H6/c1-3(9)7-4-5-2-6-8-4;1-2-4-5-3-6-7-4;2*1-2/h2H,1H3,(H2,5,6,7,8,9);3H,2H2,1H3,(H,5,6,7);2*1-2H3. The third-order valence-electron chi connectivity index (χ3n) is 1.51. The van der Waals surface area contributed by atoms with Crippen molar-refractivity contribution in [3.8, 4) is 0 Å². The van der Waals surface area contributed by atoms with E-state index >= 15 is 0 Å². The summed E-state index contributed by atoms with van der Waals surface area (Å²) in [5.74, 6) is 1.16. The van der Waals surface area contributed by atoms with Crippen molar-refractivity contribution in [1.29, 1.82) is 0 Å². The number of H-pyrrole nitrogens is 2. The van der Waals surface area contributed by atoms with Gasteiger partial charge in [0.15, 0.2) is 0 Å². The van der Waals surface area contributed by atoms with Gasteiger partial charge >= 0.3 is 0 Å². The summed E-state index contributed by atoms with van der Waals surface area (Å²) < 4.78 is 0. The quantitative estimate of drug-likeness (QED) is 0.782. The van der Waals surface area contributed by atoms with Crippen LogP contribution in [-0.4, -0.2) is 36.3 Å². The van der Waals surface area contributed by atoms with Gasteiger partial charge in [-0.2, -0.15) is 15.2 Å². The fourth-order valence-electron chi connectivity index (χ4n) is 0.834. The molecule has 0 aromatic carbocycles. The number of nitrogens with zero attached hydrogens (tertiary/aromatic N) is 4. The van der Waals surface area contributed by atoms with Crippen molar-refractivity contribution >= 4 is 11.9 Å². The number of hydrogen-bond donors (Lipinski definition) is 3. The van der Waals surface area contributed by atoms with Gasteiger partial charge < -0.3 is 0 Å². The SMILES string of the molecule is CC.CC.CC(=O)Nc1ncn[nH]1.CCc1ncn[nH]1. The molecule has 0 unspecified atom stereocenters. The molecular weight excluding hydrogens is 258 g/mol. The van der Waals surface area contributed by atoms with Gasteiger partial charge in [0.25, 0.3) is 0 Å². The molecule has 20 heavy (non-hydrogen) atoms. The van der Waals surface area contributed by atoms with Gasteiger partial charge in [0, 0.05) is 13.3 Å². The second-order valence-corrected chi connectivity index (χ2v) is 2.80. The van der Waals surface area contributed by atoms with E-state index < -0.39 is 0 Å². The van der Waals surface area contributed by atoms with Gasteiger partial charge in [-0.3, -0.25) is 15.2 Å². The molecule has 0 atom stereocenters. The van der Waals surface area contributed by atoms with Gasteiger partial charge in [0.05, 0.1) is 0 Å². The molecule has 114 valence electrons. The highest BCUT2D eigenvalue weighted by atomic mass is 16.1. The van der Waals surface area contributed by atoms with E-state index in [1.807, 2.05) is 34.6 Å². The smallest absolute Gasteiger partial charge is 0.225 e. The molecule has 3 N–H and O–H groups in total. The molecule has 0 radical (unpaired) electrons. The predicted octanol–water partition coefficient (Wildman–Crippen LogP) is 2.18. The van der Waals surface area contributed by atoms with Crippen LogP contribution in [-0.2, 0) is 11.2 Å². The maximum Gasteiger partial charge on any atom is 0.225 e. The van der Waals surface area contributed by atoms with Crippen molar-refractivity contribution < 1.29 is 4.79 Å². The molecule has 0 saturated heterocycles. The highest BCUT2D eigenvalue weighted by Crippen LogP contribution is 1.89. The minimum Gasteiger partial charge on any atom is -0.295 e. The Balaban J connectivity index is 0. The van der Waals surface area contributed by atoms with E-state index in [0.717, 1.165) is 12.2 Å². The molecule has 2 rings (SSSR count). The highest BCUT2D eigenvalue weighted by Gasteiger charge is 1.93. The molecule has 2 heterocycles. The first-order chi connectivity index (χ1) is 9.72. The molecule has 0 spiro atoms. The minimum atomic E-state index is -0.160. The monoisotopic (exact) mass is 283 g/mol. The van der Waals surface area contributed by atoms with E-state index in [-0.39, 0.29) is 5.91 Å². The summed E-state index contributed by atoms with van der Waals surface area (Å²) in [4.78, 5) is 17.8. The summed E-state index contributed by atoms with van der Waals surface area (Å²) in [6.45, 7) is 11.4. The number of amides is 1. The van der Waals surface area contributed by atoms with E-state index in [1.165, 1.54) is 19.6 Å². The Kier molecular flexibility index (Phi) is 14.9. The highest BCUT2D eigenvalue weighted by molar-refractivity contribution is 5.86.